The Hall–Kier alpha value is 0.01000. The molecule has 0 aliphatic carbocycles. The van der Waals surface area contributed by atoms with E-state index in [1.165, 1.54) is 0 Å². The summed E-state index contributed by atoms with van der Waals surface area (Å²) in [5, 5.41) is 8.78. The lowest BCUT2D eigenvalue weighted by Crippen LogP contribution is -2.35. The molecule has 0 bridgehead atoms. The largest absolute Gasteiger partial charge is 0.386 e. The van der Waals surface area contributed by atoms with Crippen molar-refractivity contribution in [2.45, 2.75) is 17.4 Å². The minimum atomic E-state index is -4.05. The van der Waals surface area contributed by atoms with Gasteiger partial charge in [0.05, 0.1) is 4.34 Å². The van der Waals surface area contributed by atoms with Gasteiger partial charge in [-0.15, -0.1) is 11.3 Å². The Morgan fingerprint density at radius 3 is 2.47 bits per heavy atom. The van der Waals surface area contributed by atoms with E-state index in [2.05, 4.69) is 0 Å². The van der Waals surface area contributed by atoms with Gasteiger partial charge in [-0.25, -0.2) is 21.9 Å². The molecular weight excluding hydrogens is 319 g/mol. The molecular formula is C7H7Cl2F2NO3S2. The number of aliphatic hydroxyl groups excluding tert-OH is 1. The normalized spacial score (nSPS) is 14.2. The van der Waals surface area contributed by atoms with Crippen LogP contribution in [0.2, 0.25) is 8.67 Å². The molecule has 0 radical (unpaired) electrons. The van der Waals surface area contributed by atoms with Gasteiger partial charge in [0.2, 0.25) is 10.0 Å². The van der Waals surface area contributed by atoms with Crippen LogP contribution in [-0.2, 0) is 10.0 Å². The summed E-state index contributed by atoms with van der Waals surface area (Å²) in [7, 11) is -4.05. The highest BCUT2D eigenvalue weighted by Gasteiger charge is 2.24. The van der Waals surface area contributed by atoms with Crippen molar-refractivity contribution >= 4 is 44.6 Å². The van der Waals surface area contributed by atoms with Gasteiger partial charge in [-0.2, -0.15) is 0 Å². The fourth-order valence-corrected chi connectivity index (χ4v) is 4.07. The van der Waals surface area contributed by atoms with Crippen LogP contribution < -0.4 is 4.72 Å². The van der Waals surface area contributed by atoms with Gasteiger partial charge < -0.3 is 5.11 Å². The molecule has 17 heavy (non-hydrogen) atoms. The second-order valence-corrected chi connectivity index (χ2v) is 6.96. The van der Waals surface area contributed by atoms with Crippen LogP contribution in [0.4, 0.5) is 8.78 Å². The highest BCUT2D eigenvalue weighted by molar-refractivity contribution is 7.89. The maximum Gasteiger partial charge on any atom is 0.265 e. The van der Waals surface area contributed by atoms with Crippen LogP contribution in [0.5, 0.6) is 0 Å². The molecule has 10 heteroatoms. The second-order valence-electron chi connectivity index (χ2n) is 2.94. The van der Waals surface area contributed by atoms with Gasteiger partial charge in [0.25, 0.3) is 6.43 Å². The zero-order valence-corrected chi connectivity index (χ0v) is 11.2. The third-order valence-electron chi connectivity index (χ3n) is 1.69. The summed E-state index contributed by atoms with van der Waals surface area (Å²) >= 11 is 12.0. The number of rotatable bonds is 5. The SMILES string of the molecule is O=S(=O)(NCC(O)C(F)F)c1cc(Cl)sc1Cl. The summed E-state index contributed by atoms with van der Waals surface area (Å²) in [6, 6.07) is 1.10. The van der Waals surface area contributed by atoms with Gasteiger partial charge in [-0.1, -0.05) is 23.2 Å². The smallest absolute Gasteiger partial charge is 0.265 e. The van der Waals surface area contributed by atoms with Crippen molar-refractivity contribution in [3.63, 3.8) is 0 Å². The molecule has 1 rings (SSSR count). The van der Waals surface area contributed by atoms with E-state index in [-0.39, 0.29) is 13.6 Å². The van der Waals surface area contributed by atoms with Crippen molar-refractivity contribution < 1.29 is 22.3 Å². The van der Waals surface area contributed by atoms with Crippen LogP contribution in [0.15, 0.2) is 11.0 Å². The zero-order chi connectivity index (χ0) is 13.2. The molecule has 1 aromatic heterocycles. The Bertz CT molecular complexity index is 491. The van der Waals surface area contributed by atoms with Crippen LogP contribution in [0.3, 0.4) is 0 Å². The van der Waals surface area contributed by atoms with E-state index >= 15 is 0 Å². The molecule has 1 heterocycles. The highest BCUT2D eigenvalue weighted by atomic mass is 35.5. The molecule has 1 aromatic rings. The average molecular weight is 326 g/mol. The molecule has 0 saturated heterocycles. The van der Waals surface area contributed by atoms with E-state index in [4.69, 9.17) is 28.3 Å². The minimum absolute atomic E-state index is 0.0750. The Morgan fingerprint density at radius 2 is 2.06 bits per heavy atom. The van der Waals surface area contributed by atoms with Crippen LogP contribution >= 0.6 is 34.5 Å². The van der Waals surface area contributed by atoms with E-state index in [0.29, 0.717) is 0 Å². The van der Waals surface area contributed by atoms with Crippen molar-refractivity contribution in [2.24, 2.45) is 0 Å². The van der Waals surface area contributed by atoms with Crippen molar-refractivity contribution in [2.75, 3.05) is 6.54 Å². The highest BCUT2D eigenvalue weighted by Crippen LogP contribution is 2.33. The number of aliphatic hydroxyl groups is 1. The Morgan fingerprint density at radius 1 is 1.47 bits per heavy atom. The molecule has 0 saturated carbocycles. The quantitative estimate of drug-likeness (QED) is 0.869. The Balaban J connectivity index is 2.80. The van der Waals surface area contributed by atoms with Crippen molar-refractivity contribution in [3.8, 4) is 0 Å². The van der Waals surface area contributed by atoms with Gasteiger partial charge in [0.1, 0.15) is 15.3 Å². The second kappa shape index (κ2) is 5.77. The maximum absolute atomic E-state index is 12.0. The number of hydrogen-bond acceptors (Lipinski definition) is 4. The first-order chi connectivity index (χ1) is 7.74. The van der Waals surface area contributed by atoms with Crippen LogP contribution in [0.25, 0.3) is 0 Å². The third-order valence-corrected chi connectivity index (χ3v) is 4.86. The molecule has 0 aromatic carbocycles. The number of halogens is 4. The molecule has 4 nitrogen and oxygen atoms in total. The Kier molecular flexibility index (Phi) is 5.11. The number of nitrogens with one attached hydrogen (secondary N) is 1. The minimum Gasteiger partial charge on any atom is -0.386 e. The van der Waals surface area contributed by atoms with E-state index in [0.717, 1.165) is 17.4 Å². The summed E-state index contributed by atoms with van der Waals surface area (Å²) in [6.45, 7) is -0.802. The number of thiophene rings is 1. The lowest BCUT2D eigenvalue weighted by molar-refractivity contribution is -0.000450. The van der Waals surface area contributed by atoms with E-state index < -0.39 is 29.1 Å². The van der Waals surface area contributed by atoms with Gasteiger partial charge in [-0.05, 0) is 6.07 Å². The van der Waals surface area contributed by atoms with E-state index in [9.17, 15) is 17.2 Å². The maximum atomic E-state index is 12.0. The molecule has 2 N–H and O–H groups in total. The van der Waals surface area contributed by atoms with Gasteiger partial charge in [-0.3, -0.25) is 0 Å². The van der Waals surface area contributed by atoms with Gasteiger partial charge in [0.15, 0.2) is 0 Å². The van der Waals surface area contributed by atoms with Gasteiger partial charge in [0, 0.05) is 6.54 Å². The predicted molar refractivity (Wildman–Crippen MR) is 61.5 cm³/mol. The van der Waals surface area contributed by atoms with Crippen molar-refractivity contribution in [1.82, 2.24) is 4.72 Å². The number of alkyl halides is 2. The lowest BCUT2D eigenvalue weighted by Gasteiger charge is -2.10. The molecule has 98 valence electrons. The number of hydrogen-bond donors (Lipinski definition) is 2. The lowest BCUT2D eigenvalue weighted by atomic mass is 10.4. The number of sulfonamides is 1. The summed E-state index contributed by atoms with van der Waals surface area (Å²) in [4.78, 5) is -0.296. The topological polar surface area (TPSA) is 66.4 Å². The standard InChI is InChI=1S/C7H7Cl2F2NO3S2/c8-5-1-4(6(9)16-5)17(14,15)12-2-3(13)7(10)11/h1,3,7,12-13H,2H2. The molecule has 0 aliphatic rings. The third kappa shape index (κ3) is 4.01. The van der Waals surface area contributed by atoms with Crippen molar-refractivity contribution in [3.05, 3.63) is 14.7 Å². The first kappa shape index (κ1) is 15.1. The molecule has 0 spiro atoms. The fourth-order valence-electron chi connectivity index (χ4n) is 0.870. The molecule has 1 unspecified atom stereocenters. The van der Waals surface area contributed by atoms with Crippen LogP contribution in [-0.4, -0.2) is 32.6 Å². The summed E-state index contributed by atoms with van der Waals surface area (Å²) in [5.41, 5.74) is 0. The van der Waals surface area contributed by atoms with E-state index in [1.54, 1.807) is 0 Å². The van der Waals surface area contributed by atoms with Crippen LogP contribution in [0, 0.1) is 0 Å². The Labute approximate surface area is 110 Å². The summed E-state index contributed by atoms with van der Waals surface area (Å²) < 4.78 is 49.0. The molecule has 0 amide bonds. The summed E-state index contributed by atoms with van der Waals surface area (Å²) in [6.07, 6.45) is -5.10. The summed E-state index contributed by atoms with van der Waals surface area (Å²) in [5.74, 6) is 0. The first-order valence-corrected chi connectivity index (χ1v) is 7.20. The predicted octanol–water partition coefficient (Wildman–Crippen LogP) is 1.96. The first-order valence-electron chi connectivity index (χ1n) is 4.14. The monoisotopic (exact) mass is 325 g/mol. The van der Waals surface area contributed by atoms with Crippen molar-refractivity contribution in [1.29, 1.82) is 0 Å². The van der Waals surface area contributed by atoms with E-state index in [1.807, 2.05) is 4.72 Å². The fraction of sp³-hybridized carbons (Fsp3) is 0.429. The van der Waals surface area contributed by atoms with Gasteiger partial charge >= 0.3 is 0 Å². The molecule has 1 atom stereocenters. The van der Waals surface area contributed by atoms with Crippen LogP contribution in [0.1, 0.15) is 0 Å². The molecule has 0 fully saturated rings. The molecule has 0 aliphatic heterocycles. The average Bonchev–Trinajstić information content (AvgIpc) is 2.55. The zero-order valence-electron chi connectivity index (χ0n) is 8.03.